The molecule has 0 unspecified atom stereocenters. The van der Waals surface area contributed by atoms with E-state index in [4.69, 9.17) is 10.5 Å². The average Bonchev–Trinajstić information content (AvgIpc) is 2.04. The van der Waals surface area contributed by atoms with Crippen LogP contribution in [-0.2, 0) is 10.0 Å². The second-order valence-corrected chi connectivity index (χ2v) is 4.24. The minimum absolute atomic E-state index is 0.0869. The molecule has 0 rings (SSSR count). The van der Waals surface area contributed by atoms with E-state index in [0.717, 1.165) is 4.31 Å². The van der Waals surface area contributed by atoms with Crippen LogP contribution in [0.4, 0.5) is 0 Å². The number of hydrogen-bond acceptors (Lipinski definition) is 4. The second-order valence-electron chi connectivity index (χ2n) is 1.98. The van der Waals surface area contributed by atoms with Gasteiger partial charge in [0.2, 0.25) is 10.0 Å². The summed E-state index contributed by atoms with van der Waals surface area (Å²) in [6.07, 6.45) is 0. The molecule has 0 aromatic rings. The van der Waals surface area contributed by atoms with Crippen LogP contribution in [-0.4, -0.2) is 31.6 Å². The number of nitrogens with zero attached hydrogens (tertiary/aromatic N) is 3. The molecular formula is C6H9N3O2S. The van der Waals surface area contributed by atoms with E-state index in [1.54, 1.807) is 12.1 Å². The van der Waals surface area contributed by atoms with Gasteiger partial charge in [0.1, 0.15) is 13.1 Å². The molecule has 66 valence electrons. The van der Waals surface area contributed by atoms with Crippen molar-refractivity contribution in [3.05, 3.63) is 0 Å². The molecule has 0 N–H and O–H groups in total. The normalized spacial score (nSPS) is 10.7. The van der Waals surface area contributed by atoms with Crippen LogP contribution in [0.15, 0.2) is 0 Å². The predicted octanol–water partition coefficient (Wildman–Crippen LogP) is -0.315. The Bertz CT molecular complexity index is 293. The van der Waals surface area contributed by atoms with E-state index >= 15 is 0 Å². The quantitative estimate of drug-likeness (QED) is 0.565. The third kappa shape index (κ3) is 2.87. The van der Waals surface area contributed by atoms with Gasteiger partial charge in [-0.3, -0.25) is 0 Å². The van der Waals surface area contributed by atoms with Crippen molar-refractivity contribution in [2.75, 3.05) is 18.8 Å². The lowest BCUT2D eigenvalue weighted by Gasteiger charge is -2.13. The van der Waals surface area contributed by atoms with Crippen LogP contribution in [0.2, 0.25) is 0 Å². The van der Waals surface area contributed by atoms with Crippen LogP contribution in [0.25, 0.3) is 0 Å². The molecule has 0 aliphatic heterocycles. The van der Waals surface area contributed by atoms with Gasteiger partial charge in [-0.05, 0) is 6.92 Å². The van der Waals surface area contributed by atoms with Crippen molar-refractivity contribution in [1.82, 2.24) is 4.31 Å². The van der Waals surface area contributed by atoms with Gasteiger partial charge in [0.25, 0.3) is 0 Å². The number of hydrogen-bond donors (Lipinski definition) is 0. The zero-order chi connectivity index (χ0) is 9.61. The van der Waals surface area contributed by atoms with Gasteiger partial charge >= 0.3 is 0 Å². The minimum atomic E-state index is -3.40. The zero-order valence-electron chi connectivity index (χ0n) is 6.69. The van der Waals surface area contributed by atoms with E-state index in [1.165, 1.54) is 6.92 Å². The molecule has 0 radical (unpaired) electrons. The first-order valence-electron chi connectivity index (χ1n) is 3.30. The Hall–Kier alpha value is -1.11. The van der Waals surface area contributed by atoms with Crippen molar-refractivity contribution in [3.8, 4) is 12.1 Å². The maximum atomic E-state index is 11.1. The molecule has 0 aromatic heterocycles. The third-order valence-electron chi connectivity index (χ3n) is 1.25. The van der Waals surface area contributed by atoms with Gasteiger partial charge in [0, 0.05) is 0 Å². The van der Waals surface area contributed by atoms with Crippen molar-refractivity contribution in [3.63, 3.8) is 0 Å². The van der Waals surface area contributed by atoms with Crippen LogP contribution >= 0.6 is 0 Å². The molecule has 0 bridgehead atoms. The van der Waals surface area contributed by atoms with Crippen molar-refractivity contribution in [2.45, 2.75) is 6.92 Å². The SMILES string of the molecule is CCS(=O)(=O)N(CC#N)CC#N. The van der Waals surface area contributed by atoms with E-state index in [2.05, 4.69) is 0 Å². The Labute approximate surface area is 71.9 Å². The lowest BCUT2D eigenvalue weighted by molar-refractivity contribution is 0.481. The molecule has 5 nitrogen and oxygen atoms in total. The molecule has 0 amide bonds. The first-order valence-corrected chi connectivity index (χ1v) is 4.91. The predicted molar refractivity (Wildman–Crippen MR) is 42.3 cm³/mol. The number of nitriles is 2. The van der Waals surface area contributed by atoms with Crippen LogP contribution in [0, 0.1) is 22.7 Å². The molecule has 0 aliphatic carbocycles. The molecule has 0 fully saturated rings. The van der Waals surface area contributed by atoms with Crippen LogP contribution < -0.4 is 0 Å². The van der Waals surface area contributed by atoms with E-state index < -0.39 is 10.0 Å². The summed E-state index contributed by atoms with van der Waals surface area (Å²) < 4.78 is 23.1. The summed E-state index contributed by atoms with van der Waals surface area (Å²) in [4.78, 5) is 0. The van der Waals surface area contributed by atoms with Gasteiger partial charge < -0.3 is 0 Å². The lowest BCUT2D eigenvalue weighted by Crippen LogP contribution is -2.33. The van der Waals surface area contributed by atoms with Gasteiger partial charge in [-0.15, -0.1) is 0 Å². The highest BCUT2D eigenvalue weighted by molar-refractivity contribution is 7.89. The molecule has 0 spiro atoms. The monoisotopic (exact) mass is 187 g/mol. The topological polar surface area (TPSA) is 85.0 Å². The first kappa shape index (κ1) is 10.9. The molecule has 0 saturated carbocycles. The Morgan fingerprint density at radius 1 is 1.25 bits per heavy atom. The van der Waals surface area contributed by atoms with E-state index in [9.17, 15) is 8.42 Å². The summed E-state index contributed by atoms with van der Waals surface area (Å²) >= 11 is 0. The van der Waals surface area contributed by atoms with Gasteiger partial charge in [0.05, 0.1) is 17.9 Å². The molecule has 0 saturated heterocycles. The summed E-state index contributed by atoms with van der Waals surface area (Å²) in [5.74, 6) is -0.0869. The van der Waals surface area contributed by atoms with Crippen molar-refractivity contribution in [2.24, 2.45) is 0 Å². The van der Waals surface area contributed by atoms with E-state index in [1.807, 2.05) is 0 Å². The standard InChI is InChI=1S/C6H9N3O2S/c1-2-12(10,11)9(5-3-7)6-4-8/h2,5-6H2,1H3. The lowest BCUT2D eigenvalue weighted by atomic mass is 10.6. The minimum Gasteiger partial charge on any atom is -0.212 e. The number of sulfonamides is 1. The molecule has 0 aliphatic rings. The largest absolute Gasteiger partial charge is 0.215 e. The van der Waals surface area contributed by atoms with Gasteiger partial charge in [-0.2, -0.15) is 14.8 Å². The molecule has 0 aromatic carbocycles. The molecule has 0 heterocycles. The van der Waals surface area contributed by atoms with Crippen LogP contribution in [0.3, 0.4) is 0 Å². The van der Waals surface area contributed by atoms with Gasteiger partial charge in [-0.25, -0.2) is 8.42 Å². The van der Waals surface area contributed by atoms with Gasteiger partial charge in [0.15, 0.2) is 0 Å². The van der Waals surface area contributed by atoms with Crippen LogP contribution in [0.5, 0.6) is 0 Å². The molecule has 0 atom stereocenters. The second kappa shape index (κ2) is 4.70. The highest BCUT2D eigenvalue weighted by Gasteiger charge is 2.18. The Morgan fingerprint density at radius 2 is 1.67 bits per heavy atom. The smallest absolute Gasteiger partial charge is 0.212 e. The van der Waals surface area contributed by atoms with Crippen LogP contribution in [0.1, 0.15) is 6.92 Å². The fourth-order valence-corrected chi connectivity index (χ4v) is 1.47. The highest BCUT2D eigenvalue weighted by Crippen LogP contribution is 1.98. The Morgan fingerprint density at radius 3 is 1.92 bits per heavy atom. The Kier molecular flexibility index (Phi) is 4.27. The number of rotatable bonds is 4. The molecule has 12 heavy (non-hydrogen) atoms. The fourth-order valence-electron chi connectivity index (χ4n) is 0.593. The van der Waals surface area contributed by atoms with E-state index in [-0.39, 0.29) is 18.8 Å². The van der Waals surface area contributed by atoms with E-state index in [0.29, 0.717) is 0 Å². The van der Waals surface area contributed by atoms with Crippen molar-refractivity contribution >= 4 is 10.0 Å². The summed E-state index contributed by atoms with van der Waals surface area (Å²) in [7, 11) is -3.40. The fraction of sp³-hybridized carbons (Fsp3) is 0.667. The first-order chi connectivity index (χ1) is 5.58. The third-order valence-corrected chi connectivity index (χ3v) is 3.03. The summed E-state index contributed by atoms with van der Waals surface area (Å²) in [5, 5.41) is 16.5. The Balaban J connectivity index is 4.55. The maximum Gasteiger partial charge on any atom is 0.215 e. The van der Waals surface area contributed by atoms with Crippen molar-refractivity contribution in [1.29, 1.82) is 10.5 Å². The maximum absolute atomic E-state index is 11.1. The van der Waals surface area contributed by atoms with Crippen molar-refractivity contribution < 1.29 is 8.42 Å². The zero-order valence-corrected chi connectivity index (χ0v) is 7.50. The van der Waals surface area contributed by atoms with Gasteiger partial charge in [-0.1, -0.05) is 0 Å². The molecular weight excluding hydrogens is 178 g/mol. The molecule has 6 heteroatoms. The highest BCUT2D eigenvalue weighted by atomic mass is 32.2. The summed E-state index contributed by atoms with van der Waals surface area (Å²) in [6, 6.07) is 3.38. The average molecular weight is 187 g/mol. The summed E-state index contributed by atoms with van der Waals surface area (Å²) in [6.45, 7) is 0.949. The summed E-state index contributed by atoms with van der Waals surface area (Å²) in [5.41, 5.74) is 0.